The Morgan fingerprint density at radius 2 is 1.45 bits per heavy atom. The SMILES string of the molecule is CCCC1(F)COC(c2ccc(-c3ccc(-c4ccc(CC)c(F)c4F)cc3F)cc2)OC1. The number of aryl methyl sites for hydroxylation is 1. The third-order valence-electron chi connectivity index (χ3n) is 6.00. The Morgan fingerprint density at radius 1 is 0.818 bits per heavy atom. The smallest absolute Gasteiger partial charge is 0.184 e. The summed E-state index contributed by atoms with van der Waals surface area (Å²) in [6.07, 6.45) is 0.790. The Hall–Kier alpha value is -2.70. The summed E-state index contributed by atoms with van der Waals surface area (Å²) in [5.41, 5.74) is 0.742. The molecule has 0 bridgehead atoms. The first-order valence-corrected chi connectivity index (χ1v) is 11.1. The van der Waals surface area contributed by atoms with Crippen molar-refractivity contribution in [1.82, 2.24) is 0 Å². The van der Waals surface area contributed by atoms with E-state index in [0.29, 0.717) is 36.0 Å². The Labute approximate surface area is 191 Å². The molecule has 174 valence electrons. The lowest BCUT2D eigenvalue weighted by atomic mass is 9.97. The third kappa shape index (κ3) is 4.82. The lowest BCUT2D eigenvalue weighted by Gasteiger charge is -2.34. The second kappa shape index (κ2) is 9.65. The molecule has 3 aromatic carbocycles. The molecule has 0 spiro atoms. The highest BCUT2D eigenvalue weighted by molar-refractivity contribution is 5.71. The minimum Gasteiger partial charge on any atom is -0.345 e. The molecule has 3 aromatic rings. The molecule has 0 N–H and O–H groups in total. The van der Waals surface area contributed by atoms with Crippen molar-refractivity contribution in [3.8, 4) is 22.3 Å². The molecule has 4 rings (SSSR count). The maximum absolute atomic E-state index is 14.9. The molecule has 0 atom stereocenters. The van der Waals surface area contributed by atoms with E-state index in [-0.39, 0.29) is 29.9 Å². The maximum atomic E-state index is 14.9. The summed E-state index contributed by atoms with van der Waals surface area (Å²) in [5, 5.41) is 0. The van der Waals surface area contributed by atoms with Crippen molar-refractivity contribution in [3.63, 3.8) is 0 Å². The van der Waals surface area contributed by atoms with Gasteiger partial charge in [-0.1, -0.05) is 68.8 Å². The largest absolute Gasteiger partial charge is 0.345 e. The zero-order valence-corrected chi connectivity index (χ0v) is 18.6. The fourth-order valence-electron chi connectivity index (χ4n) is 4.15. The van der Waals surface area contributed by atoms with Crippen molar-refractivity contribution in [2.45, 2.75) is 45.1 Å². The van der Waals surface area contributed by atoms with Gasteiger partial charge in [-0.2, -0.15) is 0 Å². The van der Waals surface area contributed by atoms with E-state index in [9.17, 15) is 17.6 Å². The van der Waals surface area contributed by atoms with Crippen LogP contribution in [0.25, 0.3) is 22.3 Å². The van der Waals surface area contributed by atoms with Gasteiger partial charge in [0.05, 0.1) is 13.2 Å². The summed E-state index contributed by atoms with van der Waals surface area (Å²) >= 11 is 0. The molecule has 1 fully saturated rings. The Balaban J connectivity index is 1.52. The molecule has 1 saturated heterocycles. The van der Waals surface area contributed by atoms with E-state index < -0.39 is 29.4 Å². The van der Waals surface area contributed by atoms with Gasteiger partial charge in [-0.05, 0) is 35.6 Å². The van der Waals surface area contributed by atoms with Crippen LogP contribution in [0.5, 0.6) is 0 Å². The van der Waals surface area contributed by atoms with Crippen molar-refractivity contribution >= 4 is 0 Å². The van der Waals surface area contributed by atoms with E-state index in [0.717, 1.165) is 0 Å². The van der Waals surface area contributed by atoms with Crippen molar-refractivity contribution in [2.24, 2.45) is 0 Å². The molecule has 33 heavy (non-hydrogen) atoms. The van der Waals surface area contributed by atoms with Gasteiger partial charge < -0.3 is 9.47 Å². The van der Waals surface area contributed by atoms with Gasteiger partial charge in [0.1, 0.15) is 5.82 Å². The van der Waals surface area contributed by atoms with E-state index in [4.69, 9.17) is 9.47 Å². The van der Waals surface area contributed by atoms with Crippen LogP contribution in [0.2, 0.25) is 0 Å². The van der Waals surface area contributed by atoms with Crippen LogP contribution < -0.4 is 0 Å². The fraction of sp³-hybridized carbons (Fsp3) is 0.333. The Morgan fingerprint density at radius 3 is 2.06 bits per heavy atom. The molecule has 0 saturated carbocycles. The van der Waals surface area contributed by atoms with Gasteiger partial charge in [-0.25, -0.2) is 17.6 Å². The molecular weight excluding hydrogens is 432 g/mol. The summed E-state index contributed by atoms with van der Waals surface area (Å²) < 4.78 is 69.1. The molecule has 0 unspecified atom stereocenters. The van der Waals surface area contributed by atoms with Crippen LogP contribution in [0.4, 0.5) is 17.6 Å². The van der Waals surface area contributed by atoms with E-state index in [2.05, 4.69) is 0 Å². The third-order valence-corrected chi connectivity index (χ3v) is 6.00. The molecule has 0 aromatic heterocycles. The van der Waals surface area contributed by atoms with Gasteiger partial charge in [0, 0.05) is 16.7 Å². The number of hydrogen-bond donors (Lipinski definition) is 0. The minimum atomic E-state index is -1.46. The first kappa shape index (κ1) is 23.5. The normalized spacial score (nSPS) is 20.7. The van der Waals surface area contributed by atoms with Crippen LogP contribution in [0, 0.1) is 17.5 Å². The number of alkyl halides is 1. The molecule has 1 heterocycles. The van der Waals surface area contributed by atoms with Crippen molar-refractivity contribution in [2.75, 3.05) is 13.2 Å². The molecule has 1 aliphatic rings. The van der Waals surface area contributed by atoms with E-state index in [1.165, 1.54) is 18.2 Å². The van der Waals surface area contributed by atoms with Crippen molar-refractivity contribution in [1.29, 1.82) is 0 Å². The number of hydrogen-bond acceptors (Lipinski definition) is 2. The second-order valence-electron chi connectivity index (χ2n) is 8.43. The highest BCUT2D eigenvalue weighted by Crippen LogP contribution is 2.34. The Kier molecular flexibility index (Phi) is 6.86. The summed E-state index contributed by atoms with van der Waals surface area (Å²) in [4.78, 5) is 0. The molecule has 1 aliphatic heterocycles. The monoisotopic (exact) mass is 458 g/mol. The zero-order valence-electron chi connectivity index (χ0n) is 18.6. The second-order valence-corrected chi connectivity index (χ2v) is 8.43. The molecule has 6 heteroatoms. The number of benzene rings is 3. The lowest BCUT2D eigenvalue weighted by Crippen LogP contribution is -2.41. The average molecular weight is 458 g/mol. The Bertz CT molecular complexity index is 1120. The average Bonchev–Trinajstić information content (AvgIpc) is 2.81. The van der Waals surface area contributed by atoms with E-state index in [1.54, 1.807) is 43.3 Å². The van der Waals surface area contributed by atoms with Gasteiger partial charge in [0.2, 0.25) is 0 Å². The standard InChI is InChI=1S/C27H26F4O2/c1-3-13-27(31)15-32-26(33-16-27)19-7-5-18(6-8-19)21-11-10-20(14-23(21)28)22-12-9-17(4-2)24(29)25(22)30/h5-12,14,26H,3-4,13,15-16H2,1-2H3. The molecule has 0 aliphatic carbocycles. The van der Waals surface area contributed by atoms with Crippen LogP contribution in [-0.4, -0.2) is 18.9 Å². The topological polar surface area (TPSA) is 18.5 Å². The molecule has 0 amide bonds. The summed E-state index contributed by atoms with van der Waals surface area (Å²) in [7, 11) is 0. The van der Waals surface area contributed by atoms with Crippen LogP contribution in [0.3, 0.4) is 0 Å². The van der Waals surface area contributed by atoms with Gasteiger partial charge in [-0.3, -0.25) is 0 Å². The zero-order chi connectivity index (χ0) is 23.6. The fourth-order valence-corrected chi connectivity index (χ4v) is 4.15. The number of ether oxygens (including phenoxy) is 2. The molecular formula is C27H26F4O2. The minimum absolute atomic E-state index is 0.0177. The lowest BCUT2D eigenvalue weighted by molar-refractivity contribution is -0.238. The van der Waals surface area contributed by atoms with Gasteiger partial charge in [0.25, 0.3) is 0 Å². The summed E-state index contributed by atoms with van der Waals surface area (Å²) in [5.74, 6) is -2.43. The van der Waals surface area contributed by atoms with E-state index in [1.807, 2.05) is 6.92 Å². The van der Waals surface area contributed by atoms with Crippen LogP contribution in [0.15, 0.2) is 54.6 Å². The number of halogens is 4. The van der Waals surface area contributed by atoms with Crippen molar-refractivity contribution in [3.05, 3.63) is 83.2 Å². The molecule has 2 nitrogen and oxygen atoms in total. The predicted molar refractivity (Wildman–Crippen MR) is 120 cm³/mol. The highest BCUT2D eigenvalue weighted by atomic mass is 19.2. The summed E-state index contributed by atoms with van der Waals surface area (Å²) in [6, 6.07) is 14.2. The first-order valence-electron chi connectivity index (χ1n) is 11.1. The highest BCUT2D eigenvalue weighted by Gasteiger charge is 2.36. The van der Waals surface area contributed by atoms with Gasteiger partial charge in [0.15, 0.2) is 23.6 Å². The number of rotatable bonds is 6. The predicted octanol–water partition coefficient (Wildman–Crippen LogP) is 7.55. The van der Waals surface area contributed by atoms with Crippen LogP contribution >= 0.6 is 0 Å². The maximum Gasteiger partial charge on any atom is 0.184 e. The van der Waals surface area contributed by atoms with Gasteiger partial charge in [-0.15, -0.1) is 0 Å². The molecule has 0 radical (unpaired) electrons. The van der Waals surface area contributed by atoms with Gasteiger partial charge >= 0.3 is 0 Å². The quantitative estimate of drug-likeness (QED) is 0.355. The van der Waals surface area contributed by atoms with Crippen LogP contribution in [0.1, 0.15) is 44.1 Å². The van der Waals surface area contributed by atoms with Crippen molar-refractivity contribution < 1.29 is 27.0 Å². The first-order chi connectivity index (χ1) is 15.8. The summed E-state index contributed by atoms with van der Waals surface area (Å²) in [6.45, 7) is 3.60. The van der Waals surface area contributed by atoms with Crippen LogP contribution in [-0.2, 0) is 15.9 Å². The van der Waals surface area contributed by atoms with E-state index >= 15 is 0 Å².